The summed E-state index contributed by atoms with van der Waals surface area (Å²) in [5.41, 5.74) is 3.58. The fraction of sp³-hybridized carbons (Fsp3) is 0.0417. The highest BCUT2D eigenvalue weighted by Crippen LogP contribution is 2.24. The third kappa shape index (κ3) is 6.29. The molecule has 0 atom stereocenters. The van der Waals surface area contributed by atoms with Gasteiger partial charge in [0.2, 0.25) is 0 Å². The van der Waals surface area contributed by atoms with E-state index in [4.69, 9.17) is 21.1 Å². The maximum Gasteiger partial charge on any atom is 0.345 e. The quantitative estimate of drug-likeness (QED) is 0.139. The van der Waals surface area contributed by atoms with E-state index in [1.165, 1.54) is 6.21 Å². The molecule has 0 saturated carbocycles. The molecular weight excluding hydrogens is 496 g/mol. The molecule has 0 aliphatic heterocycles. The van der Waals surface area contributed by atoms with Gasteiger partial charge >= 0.3 is 5.97 Å². The van der Waals surface area contributed by atoms with Gasteiger partial charge in [-0.05, 0) is 54.6 Å². The van der Waals surface area contributed by atoms with Gasteiger partial charge in [0.1, 0.15) is 18.1 Å². The Hall–Kier alpha value is -3.42. The number of nitrogens with one attached hydrogen (secondary N) is 1. The fourth-order valence-electron chi connectivity index (χ4n) is 2.58. The van der Waals surface area contributed by atoms with Crippen LogP contribution in [-0.4, -0.2) is 24.7 Å². The van der Waals surface area contributed by atoms with Crippen LogP contribution >= 0.6 is 27.5 Å². The third-order valence-corrected chi connectivity index (χ3v) is 4.95. The van der Waals surface area contributed by atoms with Crippen molar-refractivity contribution in [3.8, 4) is 11.5 Å². The molecule has 6 nitrogen and oxygen atoms in total. The predicted molar refractivity (Wildman–Crippen MR) is 128 cm³/mol. The first-order valence-electron chi connectivity index (χ1n) is 9.41. The van der Waals surface area contributed by atoms with Gasteiger partial charge in [0.05, 0.1) is 16.8 Å². The molecule has 162 valence electrons. The first-order chi connectivity index (χ1) is 15.5. The molecule has 3 aromatic carbocycles. The first kappa shape index (κ1) is 23.2. The van der Waals surface area contributed by atoms with Crippen LogP contribution in [0.25, 0.3) is 0 Å². The number of hydrazone groups is 1. The lowest BCUT2D eigenvalue weighted by molar-refractivity contribution is 0.0734. The second-order valence-corrected chi connectivity index (χ2v) is 7.70. The first-order valence-corrected chi connectivity index (χ1v) is 10.6. The van der Waals surface area contributed by atoms with Crippen LogP contribution in [0.15, 0.2) is 89.0 Å². The van der Waals surface area contributed by atoms with Crippen LogP contribution in [-0.2, 0) is 0 Å². The largest absolute Gasteiger partial charge is 0.490 e. The van der Waals surface area contributed by atoms with Crippen LogP contribution in [0.4, 0.5) is 0 Å². The average Bonchev–Trinajstić information content (AvgIpc) is 2.80. The summed E-state index contributed by atoms with van der Waals surface area (Å²) in [7, 11) is 0. The number of rotatable bonds is 8. The second-order valence-electron chi connectivity index (χ2n) is 6.37. The van der Waals surface area contributed by atoms with Crippen LogP contribution < -0.4 is 14.9 Å². The maximum absolute atomic E-state index is 12.5. The number of esters is 1. The minimum absolute atomic E-state index is 0.244. The van der Waals surface area contributed by atoms with Crippen molar-refractivity contribution in [2.24, 2.45) is 5.10 Å². The van der Waals surface area contributed by atoms with E-state index in [2.05, 4.69) is 33.0 Å². The number of nitrogens with zero attached hydrogens (tertiary/aromatic N) is 1. The maximum atomic E-state index is 12.5. The minimum Gasteiger partial charge on any atom is -0.490 e. The number of carbonyl (C=O) groups is 2. The van der Waals surface area contributed by atoms with E-state index < -0.39 is 11.9 Å². The summed E-state index contributed by atoms with van der Waals surface area (Å²) in [6.07, 6.45) is 3.02. The normalized spacial score (nSPS) is 10.6. The Labute approximate surface area is 198 Å². The highest BCUT2D eigenvalue weighted by atomic mass is 79.9. The number of benzene rings is 3. The van der Waals surface area contributed by atoms with Crippen LogP contribution in [0.2, 0.25) is 5.02 Å². The Morgan fingerprint density at radius 1 is 1.09 bits per heavy atom. The van der Waals surface area contributed by atoms with Gasteiger partial charge in [-0.25, -0.2) is 10.2 Å². The molecule has 0 radical (unpaired) electrons. The summed E-state index contributed by atoms with van der Waals surface area (Å²) < 4.78 is 11.6. The zero-order valence-electron chi connectivity index (χ0n) is 16.8. The highest BCUT2D eigenvalue weighted by Gasteiger charge is 2.14. The molecule has 3 aromatic rings. The van der Waals surface area contributed by atoms with Gasteiger partial charge < -0.3 is 9.47 Å². The topological polar surface area (TPSA) is 77.0 Å². The number of hydrogen-bond donors (Lipinski definition) is 1. The zero-order valence-corrected chi connectivity index (χ0v) is 19.1. The summed E-state index contributed by atoms with van der Waals surface area (Å²) in [6, 6.07) is 18.3. The molecule has 8 heteroatoms. The summed E-state index contributed by atoms with van der Waals surface area (Å²) in [6.45, 7) is 3.97. The van der Waals surface area contributed by atoms with Gasteiger partial charge in [-0.15, -0.1) is 0 Å². The summed E-state index contributed by atoms with van der Waals surface area (Å²) in [4.78, 5) is 24.8. The van der Waals surface area contributed by atoms with Gasteiger partial charge in [-0.1, -0.05) is 52.3 Å². The molecule has 0 aliphatic carbocycles. The lowest BCUT2D eigenvalue weighted by atomic mass is 10.2. The van der Waals surface area contributed by atoms with E-state index in [0.717, 1.165) is 4.47 Å². The van der Waals surface area contributed by atoms with Crippen molar-refractivity contribution < 1.29 is 19.1 Å². The van der Waals surface area contributed by atoms with Gasteiger partial charge in [-0.3, -0.25) is 4.79 Å². The number of amides is 1. The van der Waals surface area contributed by atoms with E-state index >= 15 is 0 Å². The number of ether oxygens (including phenoxy) is 2. The summed E-state index contributed by atoms with van der Waals surface area (Å²) >= 11 is 9.44. The Balaban J connectivity index is 1.69. The van der Waals surface area contributed by atoms with E-state index in [0.29, 0.717) is 23.5 Å². The van der Waals surface area contributed by atoms with Gasteiger partial charge in [-0.2, -0.15) is 5.10 Å². The third-order valence-electron chi connectivity index (χ3n) is 4.12. The van der Waals surface area contributed by atoms with E-state index in [1.807, 2.05) is 0 Å². The van der Waals surface area contributed by atoms with Crippen LogP contribution in [0, 0.1) is 0 Å². The molecule has 0 bridgehead atoms. The van der Waals surface area contributed by atoms with Crippen molar-refractivity contribution in [3.63, 3.8) is 0 Å². The van der Waals surface area contributed by atoms with Crippen molar-refractivity contribution in [2.45, 2.75) is 0 Å². The predicted octanol–water partition coefficient (Wildman–Crippen LogP) is 5.65. The Morgan fingerprint density at radius 2 is 1.84 bits per heavy atom. The van der Waals surface area contributed by atoms with Crippen LogP contribution in [0.1, 0.15) is 26.3 Å². The SMILES string of the molecule is C=CCOc1ccc(C(=O)N/N=C/c2cc(Br)ccc2OC(=O)c2ccccc2Cl)cc1. The van der Waals surface area contributed by atoms with Crippen molar-refractivity contribution in [3.05, 3.63) is 106 Å². The van der Waals surface area contributed by atoms with Crippen molar-refractivity contribution in [1.82, 2.24) is 5.43 Å². The highest BCUT2D eigenvalue weighted by molar-refractivity contribution is 9.10. The molecule has 1 N–H and O–H groups in total. The summed E-state index contributed by atoms with van der Waals surface area (Å²) in [5.74, 6) is -0.111. The number of hydrogen-bond acceptors (Lipinski definition) is 5. The smallest absolute Gasteiger partial charge is 0.345 e. The molecule has 32 heavy (non-hydrogen) atoms. The molecule has 0 saturated heterocycles. The van der Waals surface area contributed by atoms with Gasteiger partial charge in [0.15, 0.2) is 0 Å². The molecule has 0 heterocycles. The Bertz CT molecular complexity index is 1160. The van der Waals surface area contributed by atoms with Gasteiger partial charge in [0, 0.05) is 15.6 Å². The fourth-order valence-corrected chi connectivity index (χ4v) is 3.17. The van der Waals surface area contributed by atoms with Crippen LogP contribution in [0.5, 0.6) is 11.5 Å². The van der Waals surface area contributed by atoms with Gasteiger partial charge in [0.25, 0.3) is 5.91 Å². The lowest BCUT2D eigenvalue weighted by Gasteiger charge is -2.09. The molecule has 0 fully saturated rings. The van der Waals surface area contributed by atoms with Crippen molar-refractivity contribution >= 4 is 45.6 Å². The molecule has 0 aliphatic rings. The van der Waals surface area contributed by atoms with E-state index in [1.54, 1.807) is 72.8 Å². The van der Waals surface area contributed by atoms with E-state index in [9.17, 15) is 9.59 Å². The lowest BCUT2D eigenvalue weighted by Crippen LogP contribution is -2.17. The Kier molecular flexibility index (Phi) is 8.19. The monoisotopic (exact) mass is 512 g/mol. The minimum atomic E-state index is -0.602. The number of halogens is 2. The molecular formula is C24H18BrClN2O4. The average molecular weight is 514 g/mol. The second kappa shape index (κ2) is 11.3. The van der Waals surface area contributed by atoms with Crippen molar-refractivity contribution in [2.75, 3.05) is 6.61 Å². The van der Waals surface area contributed by atoms with Crippen molar-refractivity contribution in [1.29, 1.82) is 0 Å². The summed E-state index contributed by atoms with van der Waals surface area (Å²) in [5, 5.41) is 4.27. The molecule has 1 amide bonds. The Morgan fingerprint density at radius 3 is 2.56 bits per heavy atom. The zero-order chi connectivity index (χ0) is 22.9. The standard InChI is InChI=1S/C24H18BrClN2O4/c1-2-13-31-19-10-7-16(8-11-19)23(29)28-27-15-17-14-18(25)9-12-22(17)32-24(30)20-5-3-4-6-21(20)26/h2-12,14-15H,1,13H2,(H,28,29)/b27-15+. The number of carbonyl (C=O) groups excluding carboxylic acids is 2. The van der Waals surface area contributed by atoms with Crippen LogP contribution in [0.3, 0.4) is 0 Å². The van der Waals surface area contributed by atoms with E-state index in [-0.39, 0.29) is 16.3 Å². The molecule has 0 spiro atoms. The molecule has 3 rings (SSSR count). The molecule has 0 unspecified atom stereocenters. The molecule has 0 aromatic heterocycles.